The highest BCUT2D eigenvalue weighted by Crippen LogP contribution is 2.50. The van der Waals surface area contributed by atoms with Crippen molar-refractivity contribution in [3.05, 3.63) is 54.2 Å². The van der Waals surface area contributed by atoms with Gasteiger partial charge in [0.25, 0.3) is 0 Å². The maximum Gasteiger partial charge on any atom is 0.235 e. The molecule has 1 aromatic heterocycles. The molecule has 0 unspecified atom stereocenters. The quantitative estimate of drug-likeness (QED) is 0.593. The summed E-state index contributed by atoms with van der Waals surface area (Å²) >= 11 is 0. The molecule has 0 atom stereocenters. The first-order valence-electron chi connectivity index (χ1n) is 11.2. The summed E-state index contributed by atoms with van der Waals surface area (Å²) in [6.07, 6.45) is 1.61. The topological polar surface area (TPSA) is 77.3 Å². The molecule has 8 nitrogen and oxygen atoms in total. The van der Waals surface area contributed by atoms with Crippen molar-refractivity contribution in [3.8, 4) is 28.6 Å². The van der Waals surface area contributed by atoms with Crippen LogP contribution in [-0.4, -0.2) is 56.0 Å². The van der Waals surface area contributed by atoms with Crippen molar-refractivity contribution >= 4 is 11.6 Å². The largest absolute Gasteiger partial charge is 0.497 e. The lowest BCUT2D eigenvalue weighted by Crippen LogP contribution is -2.51. The van der Waals surface area contributed by atoms with Gasteiger partial charge in [-0.25, -0.2) is 0 Å². The van der Waals surface area contributed by atoms with E-state index in [4.69, 9.17) is 18.7 Å². The SMILES string of the molecule is COc1ccc(N2CCN(C(=O)C3(c4cc(-c5ccc6c(c5)OCO6)on4)CC3)CC2)cc1. The van der Waals surface area contributed by atoms with E-state index in [9.17, 15) is 4.79 Å². The third kappa shape index (κ3) is 3.46. The van der Waals surface area contributed by atoms with Gasteiger partial charge in [0, 0.05) is 43.5 Å². The molecule has 0 N–H and O–H groups in total. The van der Waals surface area contributed by atoms with Gasteiger partial charge >= 0.3 is 0 Å². The molecule has 0 bridgehead atoms. The van der Waals surface area contributed by atoms with E-state index in [1.54, 1.807) is 7.11 Å². The Morgan fingerprint density at radius 3 is 2.45 bits per heavy atom. The lowest BCUT2D eigenvalue weighted by atomic mass is 9.99. The minimum absolute atomic E-state index is 0.155. The monoisotopic (exact) mass is 447 g/mol. The molecule has 2 aliphatic heterocycles. The molecule has 2 fully saturated rings. The number of amides is 1. The first kappa shape index (κ1) is 20.0. The van der Waals surface area contributed by atoms with Crippen molar-refractivity contribution in [1.82, 2.24) is 10.1 Å². The Balaban J connectivity index is 1.14. The number of carbonyl (C=O) groups is 1. The van der Waals surface area contributed by atoms with E-state index in [0.29, 0.717) is 24.6 Å². The summed E-state index contributed by atoms with van der Waals surface area (Å²) in [5.74, 6) is 3.04. The van der Waals surface area contributed by atoms with Crippen LogP contribution >= 0.6 is 0 Å². The molecular weight excluding hydrogens is 422 g/mol. The number of aromatic nitrogens is 1. The lowest BCUT2D eigenvalue weighted by molar-refractivity contribution is -0.134. The second-order valence-electron chi connectivity index (χ2n) is 8.70. The molecule has 3 aromatic rings. The second-order valence-corrected chi connectivity index (χ2v) is 8.70. The van der Waals surface area contributed by atoms with Gasteiger partial charge in [0.15, 0.2) is 17.3 Å². The third-order valence-electron chi connectivity index (χ3n) is 6.82. The van der Waals surface area contributed by atoms with Crippen LogP contribution in [0.2, 0.25) is 0 Å². The summed E-state index contributed by atoms with van der Waals surface area (Å²) in [7, 11) is 1.67. The highest BCUT2D eigenvalue weighted by atomic mass is 16.7. The number of ether oxygens (including phenoxy) is 3. The van der Waals surface area contributed by atoms with Crippen LogP contribution in [0.1, 0.15) is 18.5 Å². The molecule has 33 heavy (non-hydrogen) atoms. The smallest absolute Gasteiger partial charge is 0.235 e. The Labute approximate surface area is 191 Å². The predicted octanol–water partition coefficient (Wildman–Crippen LogP) is 3.46. The number of hydrogen-bond acceptors (Lipinski definition) is 7. The van der Waals surface area contributed by atoms with Crippen LogP contribution in [0, 0.1) is 0 Å². The molecule has 0 spiro atoms. The molecule has 2 aromatic carbocycles. The predicted molar refractivity (Wildman–Crippen MR) is 121 cm³/mol. The number of fused-ring (bicyclic) bond motifs is 1. The maximum absolute atomic E-state index is 13.5. The van der Waals surface area contributed by atoms with Crippen molar-refractivity contribution < 1.29 is 23.5 Å². The Bertz CT molecular complexity index is 1180. The molecule has 1 amide bonds. The Hall–Kier alpha value is -3.68. The van der Waals surface area contributed by atoms with Crippen molar-refractivity contribution in [2.75, 3.05) is 45.0 Å². The third-order valence-corrected chi connectivity index (χ3v) is 6.82. The average Bonchev–Trinajstić information content (AvgIpc) is 3.29. The molecule has 1 saturated carbocycles. The zero-order valence-electron chi connectivity index (χ0n) is 18.5. The zero-order valence-corrected chi connectivity index (χ0v) is 18.5. The molecule has 1 aliphatic carbocycles. The first-order chi connectivity index (χ1) is 16.2. The minimum Gasteiger partial charge on any atom is -0.497 e. The van der Waals surface area contributed by atoms with Crippen LogP contribution in [-0.2, 0) is 10.2 Å². The molecule has 8 heteroatoms. The Kier molecular flexibility index (Phi) is 4.67. The van der Waals surface area contributed by atoms with E-state index in [-0.39, 0.29) is 12.7 Å². The van der Waals surface area contributed by atoms with E-state index in [2.05, 4.69) is 22.2 Å². The van der Waals surface area contributed by atoms with Gasteiger partial charge < -0.3 is 28.5 Å². The normalized spacial score (nSPS) is 18.3. The van der Waals surface area contributed by atoms with E-state index >= 15 is 0 Å². The van der Waals surface area contributed by atoms with Gasteiger partial charge in [0.1, 0.15) is 5.75 Å². The lowest BCUT2D eigenvalue weighted by Gasteiger charge is -2.37. The zero-order chi connectivity index (χ0) is 22.4. The van der Waals surface area contributed by atoms with E-state index < -0.39 is 5.41 Å². The standard InChI is InChI=1S/C25H25N3O5/c1-30-19-5-3-18(4-6-19)27-10-12-28(13-11-27)24(29)25(8-9-25)23-15-21(33-26-23)17-2-7-20-22(14-17)32-16-31-20/h2-7,14-15H,8-13,16H2,1H3. The summed E-state index contributed by atoms with van der Waals surface area (Å²) in [6.45, 7) is 3.22. The fourth-order valence-electron chi connectivity index (χ4n) is 4.65. The van der Waals surface area contributed by atoms with Gasteiger partial charge in [-0.1, -0.05) is 5.16 Å². The number of piperazine rings is 1. The number of benzene rings is 2. The summed E-state index contributed by atoms with van der Waals surface area (Å²) in [5.41, 5.74) is 2.17. The highest BCUT2D eigenvalue weighted by molar-refractivity contribution is 5.91. The number of anilines is 1. The maximum atomic E-state index is 13.5. The Morgan fingerprint density at radius 2 is 1.73 bits per heavy atom. The Morgan fingerprint density at radius 1 is 0.970 bits per heavy atom. The summed E-state index contributed by atoms with van der Waals surface area (Å²) < 4.78 is 21.7. The fourth-order valence-corrected chi connectivity index (χ4v) is 4.65. The molecule has 3 aliphatic rings. The number of nitrogens with zero attached hydrogens (tertiary/aromatic N) is 3. The van der Waals surface area contributed by atoms with Gasteiger partial charge in [0.05, 0.1) is 18.2 Å². The van der Waals surface area contributed by atoms with E-state index in [1.807, 2.05) is 41.3 Å². The first-order valence-corrected chi connectivity index (χ1v) is 11.2. The summed E-state index contributed by atoms with van der Waals surface area (Å²) in [4.78, 5) is 17.8. The number of carbonyl (C=O) groups excluding carboxylic acids is 1. The number of hydrogen-bond donors (Lipinski definition) is 0. The minimum atomic E-state index is -0.555. The van der Waals surface area contributed by atoms with Gasteiger partial charge in [-0.05, 0) is 55.3 Å². The average molecular weight is 447 g/mol. The second kappa shape index (κ2) is 7.72. The van der Waals surface area contributed by atoms with E-state index in [1.165, 1.54) is 0 Å². The summed E-state index contributed by atoms with van der Waals surface area (Å²) in [5, 5.41) is 4.30. The highest BCUT2D eigenvalue weighted by Gasteiger charge is 2.55. The molecular formula is C25H25N3O5. The molecule has 0 radical (unpaired) electrons. The molecule has 1 saturated heterocycles. The van der Waals surface area contributed by atoms with Crippen LogP contribution in [0.3, 0.4) is 0 Å². The van der Waals surface area contributed by atoms with Crippen molar-refractivity contribution in [2.45, 2.75) is 18.3 Å². The van der Waals surface area contributed by atoms with Crippen LogP contribution < -0.4 is 19.1 Å². The summed E-state index contributed by atoms with van der Waals surface area (Å²) in [6, 6.07) is 15.6. The van der Waals surface area contributed by atoms with Gasteiger partial charge in [-0.3, -0.25) is 4.79 Å². The van der Waals surface area contributed by atoms with Gasteiger partial charge in [0.2, 0.25) is 12.7 Å². The fraction of sp³-hybridized carbons (Fsp3) is 0.360. The van der Waals surface area contributed by atoms with Gasteiger partial charge in [-0.15, -0.1) is 0 Å². The van der Waals surface area contributed by atoms with Crippen LogP contribution in [0.25, 0.3) is 11.3 Å². The molecule has 3 heterocycles. The van der Waals surface area contributed by atoms with Crippen molar-refractivity contribution in [3.63, 3.8) is 0 Å². The number of methoxy groups -OCH3 is 1. The van der Waals surface area contributed by atoms with Crippen LogP contribution in [0.4, 0.5) is 5.69 Å². The van der Waals surface area contributed by atoms with Gasteiger partial charge in [-0.2, -0.15) is 0 Å². The van der Waals surface area contributed by atoms with Crippen LogP contribution in [0.5, 0.6) is 17.2 Å². The van der Waals surface area contributed by atoms with Crippen molar-refractivity contribution in [1.29, 1.82) is 0 Å². The molecule has 6 rings (SSSR count). The molecule has 170 valence electrons. The van der Waals surface area contributed by atoms with E-state index in [0.717, 1.165) is 54.4 Å². The van der Waals surface area contributed by atoms with Crippen molar-refractivity contribution in [2.24, 2.45) is 0 Å². The van der Waals surface area contributed by atoms with Crippen LogP contribution in [0.15, 0.2) is 53.1 Å². The number of rotatable bonds is 5.